The predicted octanol–water partition coefficient (Wildman–Crippen LogP) is 4.55. The number of halogens is 4. The fourth-order valence-corrected chi connectivity index (χ4v) is 8.75. The minimum absolute atomic E-state index is 0. The van der Waals surface area contributed by atoms with E-state index in [4.69, 9.17) is 9.40 Å². The van der Waals surface area contributed by atoms with Crippen molar-refractivity contribution < 1.29 is 49.0 Å². The molecule has 7 rings (SSSR count). The Morgan fingerprint density at radius 1 is 0.900 bits per heavy atom. The zero-order valence-electron chi connectivity index (χ0n) is 27.2. The molecule has 2 heterocycles. The van der Waals surface area contributed by atoms with Crippen LogP contribution in [0.2, 0.25) is 0 Å². The van der Waals surface area contributed by atoms with Crippen LogP contribution in [-0.2, 0) is 0 Å². The van der Waals surface area contributed by atoms with Gasteiger partial charge in [0.15, 0.2) is 5.76 Å². The van der Waals surface area contributed by atoms with Crippen LogP contribution in [0.3, 0.4) is 0 Å². The van der Waals surface area contributed by atoms with E-state index in [1.54, 1.807) is 41.7 Å². The molecule has 2 aliphatic heterocycles. The van der Waals surface area contributed by atoms with Gasteiger partial charge in [0.1, 0.15) is 24.2 Å². The average molecular weight is 953 g/mol. The Kier molecular flexibility index (Phi) is 12.0. The van der Waals surface area contributed by atoms with E-state index in [0.717, 1.165) is 11.2 Å². The monoisotopic (exact) mass is 949 g/mol. The topological polar surface area (TPSA) is 113 Å². The van der Waals surface area contributed by atoms with E-state index in [9.17, 15) is 19.8 Å². The zero-order valence-corrected chi connectivity index (χ0v) is 36.4. The van der Waals surface area contributed by atoms with Crippen molar-refractivity contribution in [2.75, 3.05) is 33.1 Å². The van der Waals surface area contributed by atoms with E-state index in [0.29, 0.717) is 22.1 Å². The second-order valence-electron chi connectivity index (χ2n) is 11.4. The maximum Gasteiger partial charge on any atom is 1.00 e. The van der Waals surface area contributed by atoms with Gasteiger partial charge in [-0.25, -0.2) is 9.56 Å². The quantitative estimate of drug-likeness (QED) is 0.145. The third-order valence-electron chi connectivity index (χ3n) is 7.80. The van der Waals surface area contributed by atoms with Crippen LogP contribution in [0.4, 0.5) is 5.69 Å². The van der Waals surface area contributed by atoms with Gasteiger partial charge in [0, 0.05) is 58.5 Å². The molecule has 0 unspecified atom stereocenters. The summed E-state index contributed by atoms with van der Waals surface area (Å²) in [7, 11) is 8.24. The number of nitrogens with zero attached hydrogens (tertiary/aromatic N) is 3. The van der Waals surface area contributed by atoms with Gasteiger partial charge < -0.3 is 24.3 Å². The standard InChI is InChI=1S/C20H8Br4O5.C16H18N3S.Na/c21-11-5-9-13(7-3-1-2-4-8(7)20(27)28)10-6-12(22)17(26)15(24)19(10)29-18(9)14(23)16(11)25;1-18(2)11-5-7-13-15(9-11)20-16-10-12(19(3)4)6-8-14(16)17-13;/h1-6,25H,(H,27,28);5-10H,1-4H3;/q;2*+1/p-2. The van der Waals surface area contributed by atoms with Crippen molar-refractivity contribution in [1.82, 2.24) is 9.56 Å². The molecule has 0 aromatic heterocycles. The first kappa shape index (κ1) is 38.6. The van der Waals surface area contributed by atoms with E-state index in [-0.39, 0.29) is 75.5 Å². The van der Waals surface area contributed by atoms with Crippen LogP contribution in [0.25, 0.3) is 54.2 Å². The van der Waals surface area contributed by atoms with Gasteiger partial charge in [-0.2, -0.15) is 0 Å². The first-order valence-electron chi connectivity index (χ1n) is 14.5. The Balaban J connectivity index is 0.000000203. The number of carbonyl (C=O) groups excluding carboxylic acids is 1. The van der Waals surface area contributed by atoms with Crippen LogP contribution in [0.1, 0.15) is 10.4 Å². The molecule has 0 saturated heterocycles. The normalized spacial score (nSPS) is 11.0. The van der Waals surface area contributed by atoms with Crippen molar-refractivity contribution >= 4 is 108 Å². The summed E-state index contributed by atoms with van der Waals surface area (Å²) in [5.41, 5.74) is 4.50. The predicted molar refractivity (Wildman–Crippen MR) is 207 cm³/mol. The van der Waals surface area contributed by atoms with Gasteiger partial charge in [-0.15, -0.1) is 11.3 Å². The summed E-state index contributed by atoms with van der Waals surface area (Å²) in [5.74, 6) is -1.49. The SMILES string of the molecule is CN(C)c1ccc2nc3ccc(=[N+](C)C)cc-3sc2c1.O=C([O-])c1ccccc1-c1c2cc(Br)c(=O)c(Br)c-2oc2c(Br)c([O-])c(Br)cc12.[Na+]. The van der Waals surface area contributed by atoms with Crippen LogP contribution in [0.5, 0.6) is 5.75 Å². The minimum Gasteiger partial charge on any atom is -0.871 e. The number of hydrogen-bond donors (Lipinski definition) is 0. The molecular weight excluding hydrogens is 929 g/mol. The van der Waals surface area contributed by atoms with Gasteiger partial charge in [-0.05, 0) is 89.8 Å². The number of fused-ring (bicyclic) bond motifs is 4. The summed E-state index contributed by atoms with van der Waals surface area (Å²) in [6.07, 6.45) is 0. The van der Waals surface area contributed by atoms with Crippen molar-refractivity contribution in [2.24, 2.45) is 0 Å². The van der Waals surface area contributed by atoms with Crippen molar-refractivity contribution in [3.05, 3.63) is 112 Å². The molecule has 3 aromatic carbocycles. The Morgan fingerprint density at radius 2 is 1.62 bits per heavy atom. The molecule has 2 aliphatic carbocycles. The molecule has 0 atom stereocenters. The van der Waals surface area contributed by atoms with E-state index in [2.05, 4.69) is 138 Å². The summed E-state index contributed by atoms with van der Waals surface area (Å²) in [4.78, 5) is 32.3. The number of aromatic nitrogens is 1. The van der Waals surface area contributed by atoms with Crippen LogP contribution in [0.15, 0.2) is 99.9 Å². The smallest absolute Gasteiger partial charge is 0.871 e. The van der Waals surface area contributed by atoms with Crippen LogP contribution >= 0.6 is 75.1 Å². The maximum absolute atomic E-state index is 12.4. The molecule has 8 nitrogen and oxygen atoms in total. The Labute approximate surface area is 346 Å². The molecule has 0 N–H and O–H groups in total. The Morgan fingerprint density at radius 3 is 2.30 bits per heavy atom. The molecular formula is C36H24Br4N3NaO5S. The van der Waals surface area contributed by atoms with E-state index in [1.165, 1.54) is 26.7 Å². The van der Waals surface area contributed by atoms with Gasteiger partial charge in [0.2, 0.25) is 10.8 Å². The van der Waals surface area contributed by atoms with E-state index < -0.39 is 5.97 Å². The van der Waals surface area contributed by atoms with E-state index >= 15 is 0 Å². The molecule has 0 spiro atoms. The molecule has 3 aromatic rings. The van der Waals surface area contributed by atoms with Gasteiger partial charge in [-0.1, -0.05) is 45.9 Å². The number of benzene rings is 5. The van der Waals surface area contributed by atoms with Gasteiger partial charge in [0.25, 0.3) is 0 Å². The van der Waals surface area contributed by atoms with Gasteiger partial charge >= 0.3 is 29.6 Å². The molecule has 248 valence electrons. The molecule has 14 heteroatoms. The molecule has 4 aliphatic rings. The fraction of sp³-hybridized carbons (Fsp3) is 0.111. The summed E-state index contributed by atoms with van der Waals surface area (Å²) < 4.78 is 10.1. The molecule has 0 saturated carbocycles. The number of rotatable bonds is 3. The van der Waals surface area contributed by atoms with Crippen LogP contribution < -0.4 is 60.0 Å². The molecule has 50 heavy (non-hydrogen) atoms. The summed E-state index contributed by atoms with van der Waals surface area (Å²) >= 11 is 14.8. The van der Waals surface area contributed by atoms with Gasteiger partial charge in [-0.3, -0.25) is 4.79 Å². The largest absolute Gasteiger partial charge is 1.00 e. The fourth-order valence-electron chi connectivity index (χ4n) is 5.31. The number of anilines is 1. The van der Waals surface area contributed by atoms with Crippen molar-refractivity contribution in [3.8, 4) is 38.8 Å². The molecule has 0 radical (unpaired) electrons. The molecule has 0 amide bonds. The number of hydrogen-bond acceptors (Lipinski definition) is 8. The second kappa shape index (κ2) is 15.5. The summed E-state index contributed by atoms with van der Waals surface area (Å²) in [6.45, 7) is 0. The third kappa shape index (κ3) is 7.34. The second-order valence-corrected chi connectivity index (χ2v) is 15.8. The Hall–Kier alpha value is -2.62. The van der Waals surface area contributed by atoms with Gasteiger partial charge in [0.05, 0.1) is 35.7 Å². The maximum atomic E-state index is 12.4. The Bertz CT molecular complexity index is 2530. The molecule has 0 bridgehead atoms. The number of aromatic carboxylic acids is 1. The first-order valence-corrected chi connectivity index (χ1v) is 18.5. The van der Waals surface area contributed by atoms with Crippen molar-refractivity contribution in [3.63, 3.8) is 0 Å². The van der Waals surface area contributed by atoms with Crippen LogP contribution in [-0.4, -0.2) is 39.1 Å². The number of carboxylic acids is 1. The van der Waals surface area contributed by atoms with E-state index in [1.807, 2.05) is 0 Å². The number of carboxylic acid groups (broad SMARTS) is 1. The molecule has 0 fully saturated rings. The third-order valence-corrected chi connectivity index (χ3v) is 11.5. The van der Waals surface area contributed by atoms with Crippen molar-refractivity contribution in [2.45, 2.75) is 0 Å². The average Bonchev–Trinajstić information content (AvgIpc) is 3.08. The minimum atomic E-state index is -1.35. The van der Waals surface area contributed by atoms with Crippen molar-refractivity contribution in [1.29, 1.82) is 0 Å². The summed E-state index contributed by atoms with van der Waals surface area (Å²) in [5, 5.41) is 25.9. The first-order chi connectivity index (χ1) is 23.3. The van der Waals surface area contributed by atoms with Crippen LogP contribution in [0, 0.1) is 0 Å². The zero-order chi connectivity index (χ0) is 35.3. The summed E-state index contributed by atoms with van der Waals surface area (Å²) in [6, 6.07) is 22.3. The number of carbonyl (C=O) groups is 1.